The number of nitrogens with zero attached hydrogens (tertiary/aromatic N) is 2. The van der Waals surface area contributed by atoms with Crippen molar-refractivity contribution in [2.24, 2.45) is 0 Å². The first-order chi connectivity index (χ1) is 11.5. The number of anilines is 1. The Balaban J connectivity index is 1.85. The largest absolute Gasteiger partial charge is 0.308 e. The van der Waals surface area contributed by atoms with Crippen LogP contribution >= 0.6 is 11.8 Å². The SMILES string of the molecule is O=C(c1ccc(SC(F)F)cc1)N1CCc2ccc([N+](=O)[O-])cc21. The molecule has 0 N–H and O–H groups in total. The summed E-state index contributed by atoms with van der Waals surface area (Å²) in [6, 6.07) is 10.4. The van der Waals surface area contributed by atoms with Gasteiger partial charge in [-0.05, 0) is 36.2 Å². The lowest BCUT2D eigenvalue weighted by molar-refractivity contribution is -0.384. The van der Waals surface area contributed by atoms with Crippen molar-refractivity contribution >= 4 is 29.0 Å². The highest BCUT2D eigenvalue weighted by molar-refractivity contribution is 7.99. The van der Waals surface area contributed by atoms with E-state index in [1.54, 1.807) is 6.07 Å². The molecule has 124 valence electrons. The first kappa shape index (κ1) is 16.4. The van der Waals surface area contributed by atoms with Gasteiger partial charge in [-0.2, -0.15) is 8.78 Å². The second kappa shape index (κ2) is 6.56. The molecule has 0 saturated heterocycles. The Labute approximate surface area is 140 Å². The third kappa shape index (κ3) is 3.23. The van der Waals surface area contributed by atoms with E-state index >= 15 is 0 Å². The molecule has 0 saturated carbocycles. The van der Waals surface area contributed by atoms with Crippen LogP contribution < -0.4 is 4.90 Å². The summed E-state index contributed by atoms with van der Waals surface area (Å²) in [6.45, 7) is 0.433. The number of amides is 1. The minimum atomic E-state index is -2.52. The van der Waals surface area contributed by atoms with Gasteiger partial charge in [0.25, 0.3) is 17.4 Å². The Morgan fingerprint density at radius 2 is 1.92 bits per heavy atom. The third-order valence-corrected chi connectivity index (χ3v) is 4.47. The average molecular weight is 350 g/mol. The fourth-order valence-corrected chi connectivity index (χ4v) is 3.13. The number of fused-ring (bicyclic) bond motifs is 1. The molecule has 0 spiro atoms. The molecule has 1 amide bonds. The normalized spacial score (nSPS) is 13.2. The molecule has 0 fully saturated rings. The van der Waals surface area contributed by atoms with Crippen molar-refractivity contribution in [3.8, 4) is 0 Å². The fourth-order valence-electron chi connectivity index (χ4n) is 2.63. The van der Waals surface area contributed by atoms with E-state index in [2.05, 4.69) is 0 Å². The third-order valence-electron chi connectivity index (χ3n) is 3.75. The molecule has 0 aromatic heterocycles. The summed E-state index contributed by atoms with van der Waals surface area (Å²) in [5.74, 6) is -2.82. The van der Waals surface area contributed by atoms with Gasteiger partial charge >= 0.3 is 0 Å². The molecule has 1 heterocycles. The Morgan fingerprint density at radius 1 is 1.21 bits per heavy atom. The molecule has 0 radical (unpaired) electrons. The fraction of sp³-hybridized carbons (Fsp3) is 0.188. The number of non-ortho nitro benzene ring substituents is 1. The summed E-state index contributed by atoms with van der Waals surface area (Å²) in [5, 5.41) is 10.9. The molecule has 0 atom stereocenters. The van der Waals surface area contributed by atoms with Crippen LogP contribution in [0.4, 0.5) is 20.2 Å². The first-order valence-electron chi connectivity index (χ1n) is 7.10. The number of carbonyl (C=O) groups is 1. The number of hydrogen-bond donors (Lipinski definition) is 0. The van der Waals surface area contributed by atoms with Crippen LogP contribution in [0.25, 0.3) is 0 Å². The van der Waals surface area contributed by atoms with Gasteiger partial charge in [0, 0.05) is 29.1 Å². The van der Waals surface area contributed by atoms with Gasteiger partial charge in [0.05, 0.1) is 10.6 Å². The van der Waals surface area contributed by atoms with E-state index in [-0.39, 0.29) is 11.6 Å². The molecule has 0 bridgehead atoms. The summed E-state index contributed by atoms with van der Waals surface area (Å²) >= 11 is 0.412. The van der Waals surface area contributed by atoms with Crippen LogP contribution in [-0.4, -0.2) is 23.1 Å². The number of hydrogen-bond acceptors (Lipinski definition) is 4. The summed E-state index contributed by atoms with van der Waals surface area (Å²) in [5.41, 5.74) is 1.68. The van der Waals surface area contributed by atoms with Gasteiger partial charge in [0.2, 0.25) is 0 Å². The van der Waals surface area contributed by atoms with Crippen LogP contribution in [-0.2, 0) is 6.42 Å². The quantitative estimate of drug-likeness (QED) is 0.473. The number of benzene rings is 2. The molecule has 1 aliphatic rings. The molecule has 24 heavy (non-hydrogen) atoms. The van der Waals surface area contributed by atoms with E-state index in [0.717, 1.165) is 5.56 Å². The first-order valence-corrected chi connectivity index (χ1v) is 7.98. The van der Waals surface area contributed by atoms with Gasteiger partial charge < -0.3 is 4.90 Å². The Hall–Kier alpha value is -2.48. The Morgan fingerprint density at radius 3 is 2.54 bits per heavy atom. The number of nitro benzene ring substituents is 1. The number of thioether (sulfide) groups is 1. The predicted octanol–water partition coefficient (Wildman–Crippen LogP) is 4.11. The van der Waals surface area contributed by atoms with Crippen LogP contribution in [0, 0.1) is 10.1 Å². The van der Waals surface area contributed by atoms with Crippen LogP contribution in [0.2, 0.25) is 0 Å². The van der Waals surface area contributed by atoms with Gasteiger partial charge in [-0.15, -0.1) is 0 Å². The van der Waals surface area contributed by atoms with Crippen molar-refractivity contribution in [2.45, 2.75) is 17.1 Å². The highest BCUT2D eigenvalue weighted by atomic mass is 32.2. The lowest BCUT2D eigenvalue weighted by Gasteiger charge is -2.17. The van der Waals surface area contributed by atoms with E-state index in [0.29, 0.717) is 40.9 Å². The number of carbonyl (C=O) groups excluding carboxylic acids is 1. The second-order valence-corrected chi connectivity index (χ2v) is 6.24. The highest BCUT2D eigenvalue weighted by Crippen LogP contribution is 2.33. The summed E-state index contributed by atoms with van der Waals surface area (Å²) in [6.07, 6.45) is 0.623. The number of halogens is 2. The van der Waals surface area contributed by atoms with Gasteiger partial charge in [0.15, 0.2) is 0 Å². The van der Waals surface area contributed by atoms with Crippen molar-refractivity contribution in [3.05, 3.63) is 63.7 Å². The number of rotatable bonds is 4. The second-order valence-electron chi connectivity index (χ2n) is 5.18. The predicted molar refractivity (Wildman–Crippen MR) is 86.8 cm³/mol. The van der Waals surface area contributed by atoms with Crippen molar-refractivity contribution in [3.63, 3.8) is 0 Å². The van der Waals surface area contributed by atoms with Gasteiger partial charge in [-0.3, -0.25) is 14.9 Å². The maximum absolute atomic E-state index is 12.6. The van der Waals surface area contributed by atoms with E-state index < -0.39 is 10.7 Å². The molecule has 5 nitrogen and oxygen atoms in total. The minimum Gasteiger partial charge on any atom is -0.308 e. The monoisotopic (exact) mass is 350 g/mol. The van der Waals surface area contributed by atoms with Gasteiger partial charge in [0.1, 0.15) is 0 Å². The van der Waals surface area contributed by atoms with E-state index in [1.165, 1.54) is 41.3 Å². The number of alkyl halides is 2. The molecule has 0 unspecified atom stereocenters. The Bertz CT molecular complexity index is 796. The van der Waals surface area contributed by atoms with E-state index in [4.69, 9.17) is 0 Å². The Kier molecular flexibility index (Phi) is 4.48. The topological polar surface area (TPSA) is 63.5 Å². The zero-order valence-electron chi connectivity index (χ0n) is 12.3. The molecular weight excluding hydrogens is 338 g/mol. The van der Waals surface area contributed by atoms with Crippen molar-refractivity contribution in [1.82, 2.24) is 0 Å². The van der Waals surface area contributed by atoms with Crippen molar-refractivity contribution < 1.29 is 18.5 Å². The molecule has 2 aromatic rings. The summed E-state index contributed by atoms with van der Waals surface area (Å²) < 4.78 is 24.7. The minimum absolute atomic E-state index is 0.0721. The smallest absolute Gasteiger partial charge is 0.288 e. The van der Waals surface area contributed by atoms with Crippen LogP contribution in [0.1, 0.15) is 15.9 Å². The lowest BCUT2D eigenvalue weighted by Crippen LogP contribution is -2.28. The zero-order valence-corrected chi connectivity index (χ0v) is 13.1. The van der Waals surface area contributed by atoms with Gasteiger partial charge in [-0.1, -0.05) is 17.8 Å². The molecule has 8 heteroatoms. The summed E-state index contributed by atoms with van der Waals surface area (Å²) in [7, 11) is 0. The maximum Gasteiger partial charge on any atom is 0.288 e. The van der Waals surface area contributed by atoms with Gasteiger partial charge in [-0.25, -0.2) is 0 Å². The highest BCUT2D eigenvalue weighted by Gasteiger charge is 2.27. The molecular formula is C16H12F2N2O3S. The average Bonchev–Trinajstić information content (AvgIpc) is 2.97. The summed E-state index contributed by atoms with van der Waals surface area (Å²) in [4.78, 5) is 24.9. The van der Waals surface area contributed by atoms with Crippen molar-refractivity contribution in [1.29, 1.82) is 0 Å². The zero-order chi connectivity index (χ0) is 17.3. The molecule has 2 aromatic carbocycles. The van der Waals surface area contributed by atoms with E-state index in [1.807, 2.05) is 0 Å². The standard InChI is InChI=1S/C16H12F2N2O3S/c17-16(18)24-13-5-2-11(3-6-13)15(21)19-8-7-10-1-4-12(20(22)23)9-14(10)19/h1-6,9,16H,7-8H2. The van der Waals surface area contributed by atoms with E-state index in [9.17, 15) is 23.7 Å². The van der Waals surface area contributed by atoms with Crippen LogP contribution in [0.5, 0.6) is 0 Å². The molecule has 1 aliphatic heterocycles. The number of nitro groups is 1. The maximum atomic E-state index is 12.6. The van der Waals surface area contributed by atoms with Crippen LogP contribution in [0.15, 0.2) is 47.4 Å². The van der Waals surface area contributed by atoms with Crippen LogP contribution in [0.3, 0.4) is 0 Å². The molecule has 0 aliphatic carbocycles. The lowest BCUT2D eigenvalue weighted by atomic mass is 10.1. The van der Waals surface area contributed by atoms with Crippen molar-refractivity contribution in [2.75, 3.05) is 11.4 Å². The molecule has 3 rings (SSSR count).